The first kappa shape index (κ1) is 13.6. The molecule has 0 saturated heterocycles. The van der Waals surface area contributed by atoms with Crippen LogP contribution in [0.25, 0.3) is 0 Å². The van der Waals surface area contributed by atoms with Crippen molar-refractivity contribution in [2.24, 2.45) is 0 Å². The highest BCUT2D eigenvalue weighted by Gasteiger charge is 2.05. The Bertz CT molecular complexity index is 549. The zero-order valence-corrected chi connectivity index (χ0v) is 11.1. The Balaban J connectivity index is 2.12. The van der Waals surface area contributed by atoms with E-state index in [0.29, 0.717) is 23.5 Å². The van der Waals surface area contributed by atoms with E-state index >= 15 is 0 Å². The predicted octanol–water partition coefficient (Wildman–Crippen LogP) is 4.37. The summed E-state index contributed by atoms with van der Waals surface area (Å²) < 4.78 is 18.9. The summed E-state index contributed by atoms with van der Waals surface area (Å²) in [5.41, 5.74) is 1.44. The number of hydrogen-bond donors (Lipinski definition) is 1. The Morgan fingerprint density at radius 3 is 2.32 bits per heavy atom. The smallest absolute Gasteiger partial charge is 0.130 e. The van der Waals surface area contributed by atoms with Gasteiger partial charge in [-0.3, -0.25) is 0 Å². The Morgan fingerprint density at radius 1 is 1.11 bits per heavy atom. The molecule has 100 valence electrons. The monoisotopic (exact) mass is 260 g/mol. The van der Waals surface area contributed by atoms with Crippen molar-refractivity contribution in [3.8, 4) is 11.5 Å². The summed E-state index contributed by atoms with van der Waals surface area (Å²) >= 11 is 0. The van der Waals surface area contributed by atoms with Crippen LogP contribution in [-0.4, -0.2) is 5.11 Å². The van der Waals surface area contributed by atoms with Crippen LogP contribution < -0.4 is 4.74 Å². The van der Waals surface area contributed by atoms with Crippen molar-refractivity contribution in [1.82, 2.24) is 0 Å². The van der Waals surface area contributed by atoms with E-state index in [0.717, 1.165) is 5.56 Å². The van der Waals surface area contributed by atoms with E-state index in [1.54, 1.807) is 31.2 Å². The van der Waals surface area contributed by atoms with Crippen molar-refractivity contribution in [2.45, 2.75) is 26.4 Å². The third-order valence-electron chi connectivity index (χ3n) is 3.03. The molecule has 0 saturated carbocycles. The molecule has 1 N–H and O–H groups in total. The maximum atomic E-state index is 13.4. The minimum atomic E-state index is -0.453. The van der Waals surface area contributed by atoms with Crippen molar-refractivity contribution in [3.05, 3.63) is 59.4 Å². The molecule has 2 aromatic rings. The molecule has 0 fully saturated rings. The number of ether oxygens (including phenoxy) is 1. The second-order valence-corrected chi connectivity index (χ2v) is 4.51. The van der Waals surface area contributed by atoms with Gasteiger partial charge in [-0.25, -0.2) is 4.39 Å². The normalized spacial score (nSPS) is 12.2. The number of hydrogen-bond acceptors (Lipinski definition) is 2. The Kier molecular flexibility index (Phi) is 4.17. The SMILES string of the molecule is CCC(O)c1ccc(Oc2ccc(C)c(F)c2)cc1. The van der Waals surface area contributed by atoms with E-state index < -0.39 is 6.10 Å². The Hall–Kier alpha value is -1.87. The largest absolute Gasteiger partial charge is 0.457 e. The summed E-state index contributed by atoms with van der Waals surface area (Å²) in [6, 6.07) is 11.9. The first-order valence-electron chi connectivity index (χ1n) is 6.32. The third kappa shape index (κ3) is 3.32. The second kappa shape index (κ2) is 5.85. The molecule has 0 radical (unpaired) electrons. The van der Waals surface area contributed by atoms with E-state index in [4.69, 9.17) is 4.74 Å². The third-order valence-corrected chi connectivity index (χ3v) is 3.03. The number of aliphatic hydroxyl groups excluding tert-OH is 1. The van der Waals surface area contributed by atoms with Gasteiger partial charge in [0.05, 0.1) is 6.10 Å². The van der Waals surface area contributed by atoms with Gasteiger partial charge in [0.1, 0.15) is 17.3 Å². The molecule has 0 aliphatic heterocycles. The molecule has 0 heterocycles. The number of rotatable bonds is 4. The highest BCUT2D eigenvalue weighted by atomic mass is 19.1. The summed E-state index contributed by atoms with van der Waals surface area (Å²) in [5.74, 6) is 0.803. The lowest BCUT2D eigenvalue weighted by atomic mass is 10.1. The molecule has 1 unspecified atom stereocenters. The highest BCUT2D eigenvalue weighted by molar-refractivity contribution is 5.35. The van der Waals surface area contributed by atoms with Gasteiger partial charge >= 0.3 is 0 Å². The number of benzene rings is 2. The van der Waals surface area contributed by atoms with Gasteiger partial charge in [-0.1, -0.05) is 25.1 Å². The lowest BCUT2D eigenvalue weighted by molar-refractivity contribution is 0.173. The fourth-order valence-corrected chi connectivity index (χ4v) is 1.77. The van der Waals surface area contributed by atoms with Crippen LogP contribution in [0, 0.1) is 12.7 Å². The molecule has 1 atom stereocenters. The topological polar surface area (TPSA) is 29.5 Å². The molecule has 0 aliphatic rings. The predicted molar refractivity (Wildman–Crippen MR) is 72.9 cm³/mol. The Morgan fingerprint density at radius 2 is 1.74 bits per heavy atom. The molecule has 3 heteroatoms. The van der Waals surface area contributed by atoms with Gasteiger partial charge in [-0.2, -0.15) is 0 Å². The van der Waals surface area contributed by atoms with Crippen LogP contribution in [0.15, 0.2) is 42.5 Å². The quantitative estimate of drug-likeness (QED) is 0.884. The van der Waals surface area contributed by atoms with Crippen molar-refractivity contribution in [1.29, 1.82) is 0 Å². The van der Waals surface area contributed by atoms with E-state index in [-0.39, 0.29) is 5.82 Å². The molecule has 2 nitrogen and oxygen atoms in total. The molecule has 0 bridgehead atoms. The van der Waals surface area contributed by atoms with Crippen LogP contribution in [0.5, 0.6) is 11.5 Å². The molecule has 0 aromatic heterocycles. The van der Waals surface area contributed by atoms with Gasteiger partial charge < -0.3 is 9.84 Å². The van der Waals surface area contributed by atoms with Gasteiger partial charge in [-0.05, 0) is 42.7 Å². The average Bonchev–Trinajstić information content (AvgIpc) is 2.43. The maximum absolute atomic E-state index is 13.4. The van der Waals surface area contributed by atoms with Crippen molar-refractivity contribution in [2.75, 3.05) is 0 Å². The van der Waals surface area contributed by atoms with Gasteiger partial charge in [0.2, 0.25) is 0 Å². The van der Waals surface area contributed by atoms with Crippen molar-refractivity contribution >= 4 is 0 Å². The fraction of sp³-hybridized carbons (Fsp3) is 0.250. The van der Waals surface area contributed by atoms with Crippen LogP contribution in [0.4, 0.5) is 4.39 Å². The summed E-state index contributed by atoms with van der Waals surface area (Å²) in [6.45, 7) is 3.63. The number of aryl methyl sites for hydroxylation is 1. The van der Waals surface area contributed by atoms with E-state index in [9.17, 15) is 9.50 Å². The fourth-order valence-electron chi connectivity index (χ4n) is 1.77. The van der Waals surface area contributed by atoms with Crippen LogP contribution in [-0.2, 0) is 0 Å². The molecular weight excluding hydrogens is 243 g/mol. The van der Waals surface area contributed by atoms with E-state index in [2.05, 4.69) is 0 Å². The Labute approximate surface area is 112 Å². The van der Waals surface area contributed by atoms with Crippen LogP contribution >= 0.6 is 0 Å². The molecule has 0 amide bonds. The van der Waals surface area contributed by atoms with E-state index in [1.165, 1.54) is 6.07 Å². The molecule has 0 spiro atoms. The van der Waals surface area contributed by atoms with Gasteiger partial charge in [0, 0.05) is 6.07 Å². The lowest BCUT2D eigenvalue weighted by Gasteiger charge is -2.10. The summed E-state index contributed by atoms with van der Waals surface area (Å²) in [6.07, 6.45) is 0.217. The molecular formula is C16H17FO2. The zero-order valence-electron chi connectivity index (χ0n) is 11.1. The van der Waals surface area contributed by atoms with Crippen molar-refractivity contribution in [3.63, 3.8) is 0 Å². The summed E-state index contributed by atoms with van der Waals surface area (Å²) in [7, 11) is 0. The lowest BCUT2D eigenvalue weighted by Crippen LogP contribution is -1.94. The highest BCUT2D eigenvalue weighted by Crippen LogP contribution is 2.25. The van der Waals surface area contributed by atoms with Crippen LogP contribution in [0.1, 0.15) is 30.6 Å². The van der Waals surface area contributed by atoms with Crippen LogP contribution in [0.2, 0.25) is 0 Å². The minimum absolute atomic E-state index is 0.282. The summed E-state index contributed by atoms with van der Waals surface area (Å²) in [5, 5.41) is 9.69. The molecule has 2 aromatic carbocycles. The second-order valence-electron chi connectivity index (χ2n) is 4.51. The first-order chi connectivity index (χ1) is 9.10. The molecule has 0 aliphatic carbocycles. The maximum Gasteiger partial charge on any atom is 0.130 e. The van der Waals surface area contributed by atoms with E-state index in [1.807, 2.05) is 19.1 Å². The van der Waals surface area contributed by atoms with Crippen LogP contribution in [0.3, 0.4) is 0 Å². The van der Waals surface area contributed by atoms with Gasteiger partial charge in [0.25, 0.3) is 0 Å². The average molecular weight is 260 g/mol. The molecule has 2 rings (SSSR count). The van der Waals surface area contributed by atoms with Gasteiger partial charge in [0.15, 0.2) is 0 Å². The zero-order chi connectivity index (χ0) is 13.8. The number of halogens is 1. The molecule has 19 heavy (non-hydrogen) atoms. The standard InChI is InChI=1S/C16H17FO2/c1-3-16(18)12-5-8-13(9-6-12)19-14-7-4-11(2)15(17)10-14/h4-10,16,18H,3H2,1-2H3. The summed E-state index contributed by atoms with van der Waals surface area (Å²) in [4.78, 5) is 0. The number of aliphatic hydroxyl groups is 1. The van der Waals surface area contributed by atoms with Gasteiger partial charge in [-0.15, -0.1) is 0 Å². The minimum Gasteiger partial charge on any atom is -0.457 e. The first-order valence-corrected chi connectivity index (χ1v) is 6.32. The van der Waals surface area contributed by atoms with Crippen molar-refractivity contribution < 1.29 is 14.2 Å².